The molecule has 0 heterocycles. The van der Waals surface area contributed by atoms with Crippen LogP contribution < -0.4 is 0 Å². The topological polar surface area (TPSA) is 231 Å². The fourth-order valence-corrected chi connectivity index (χ4v) is 11.4. The molecule has 0 saturated heterocycles. The number of unbranched alkanes of at least 4 members (excludes halogenated alkanes) is 19. The molecule has 103 heavy (non-hydrogen) atoms. The van der Waals surface area contributed by atoms with Gasteiger partial charge in [-0.15, -0.1) is 0 Å². The van der Waals surface area contributed by atoms with Crippen LogP contribution >= 0.6 is 15.6 Å². The SMILES string of the molecule is CC/C=C\C/C=C\C/C=C\C/C=C\C/C=C\C/C=C\CCCCCCCCCCCCCCC(=O)OCC(O)COP(=O)(O)OCC(O)COP(=O)(O)OCC(COC(=O)CCCCCCCC/C=C\C/C=C\C/C=C\C/C=C\CC)OC(=O)CCC/C=C\C/C=C\C/C=C\C/C=C\C/C=C\CC. The molecule has 18 heteroatoms. The maximum Gasteiger partial charge on any atom is 0.472 e. The van der Waals surface area contributed by atoms with Crippen LogP contribution in [-0.4, -0.2) is 95.9 Å². The highest BCUT2D eigenvalue weighted by Crippen LogP contribution is 2.45. The monoisotopic (exact) mass is 1480 g/mol. The summed E-state index contributed by atoms with van der Waals surface area (Å²) in [7, 11) is -9.83. The standard InChI is InChI=1S/C85H138O16P2/c1-4-7-10-13-16-19-22-25-28-31-33-34-35-36-37-38-39-40-41-42-43-44-46-49-50-53-56-59-62-65-68-71-83(88)95-74-80(86)75-97-102(91,92)98-76-81(87)77-99-103(93,94)100-79-82(101-85(90)73-70-67-64-61-58-55-52-47-30-27-24-21-18-15-12-9-6-3)78-96-84(89)72-69-66-63-60-57-54-51-48-45-32-29-26-23-20-17-14-11-8-5-2/h7-12,16-21,25-30,33-34,36-37,39-40,45,48,52,55,61,64,80-82,86-87H,4-6,13-15,22-24,31-32,35,38,41-44,46-47,49-51,53-54,56-60,62-63,65-79H2,1-3H3,(H,91,92)(H,93,94)/b10-7-,11-8-,12-9-,19-16-,20-17-,21-18-,28-25-,29-26-,30-27-,34-33-,37-36-,40-39-,48-45-,55-52-,64-61-. The summed E-state index contributed by atoms with van der Waals surface area (Å²) < 4.78 is 61.0. The van der Waals surface area contributed by atoms with Gasteiger partial charge in [0.1, 0.15) is 25.4 Å². The summed E-state index contributed by atoms with van der Waals surface area (Å²) in [5.41, 5.74) is 0. The molecule has 0 aliphatic rings. The van der Waals surface area contributed by atoms with E-state index in [4.69, 9.17) is 32.3 Å². The fourth-order valence-electron chi connectivity index (χ4n) is 9.78. The summed E-state index contributed by atoms with van der Waals surface area (Å²) in [4.78, 5) is 58.6. The second kappa shape index (κ2) is 76.3. The summed E-state index contributed by atoms with van der Waals surface area (Å²) in [5.74, 6) is -1.67. The highest BCUT2D eigenvalue weighted by molar-refractivity contribution is 7.47. The van der Waals surface area contributed by atoms with Crippen LogP contribution in [0.5, 0.6) is 0 Å². The van der Waals surface area contributed by atoms with E-state index in [1.54, 1.807) is 0 Å². The maximum absolute atomic E-state index is 12.9. The van der Waals surface area contributed by atoms with E-state index in [0.29, 0.717) is 25.7 Å². The van der Waals surface area contributed by atoms with Crippen molar-refractivity contribution in [2.45, 2.75) is 296 Å². The molecule has 0 bridgehead atoms. The van der Waals surface area contributed by atoms with E-state index >= 15 is 0 Å². The van der Waals surface area contributed by atoms with Crippen LogP contribution in [0.4, 0.5) is 0 Å². The molecule has 0 aromatic carbocycles. The number of hydrogen-bond acceptors (Lipinski definition) is 14. The van der Waals surface area contributed by atoms with Gasteiger partial charge in [-0.1, -0.05) is 293 Å². The lowest BCUT2D eigenvalue weighted by atomic mass is 10.0. The molecule has 0 aliphatic heterocycles. The normalized spacial score (nSPS) is 15.0. The first-order chi connectivity index (χ1) is 50.2. The van der Waals surface area contributed by atoms with Crippen molar-refractivity contribution in [1.82, 2.24) is 0 Å². The Balaban J connectivity index is 4.58. The minimum atomic E-state index is -4.96. The van der Waals surface area contributed by atoms with Gasteiger partial charge in [-0.3, -0.25) is 32.5 Å². The van der Waals surface area contributed by atoms with Gasteiger partial charge in [0.05, 0.1) is 26.4 Å². The third kappa shape index (κ3) is 77.6. The molecular formula is C85H138O16P2. The van der Waals surface area contributed by atoms with Crippen LogP contribution in [0.2, 0.25) is 0 Å². The summed E-state index contributed by atoms with van der Waals surface area (Å²) in [6, 6.07) is 0. The molecule has 0 rings (SSSR count). The average Bonchev–Trinajstić information content (AvgIpc) is 0.915. The van der Waals surface area contributed by atoms with E-state index in [2.05, 4.69) is 191 Å². The first kappa shape index (κ1) is 97.7. The second-order valence-electron chi connectivity index (χ2n) is 25.4. The van der Waals surface area contributed by atoms with Crippen molar-refractivity contribution < 1.29 is 75.8 Å². The van der Waals surface area contributed by atoms with Crippen molar-refractivity contribution in [2.75, 3.05) is 39.6 Å². The molecule has 5 unspecified atom stereocenters. The Morgan fingerprint density at radius 1 is 0.272 bits per heavy atom. The molecule has 0 radical (unpaired) electrons. The minimum absolute atomic E-state index is 0.0166. The van der Waals surface area contributed by atoms with Crippen molar-refractivity contribution in [3.63, 3.8) is 0 Å². The van der Waals surface area contributed by atoms with Crippen molar-refractivity contribution >= 4 is 33.6 Å². The molecule has 4 N–H and O–H groups in total. The number of allylic oxidation sites excluding steroid dienone is 30. The summed E-state index contributed by atoms with van der Waals surface area (Å²) in [5, 5.41) is 20.6. The molecule has 0 saturated carbocycles. The van der Waals surface area contributed by atoms with E-state index < -0.39 is 91.5 Å². The number of carbonyl (C=O) groups excluding carboxylic acids is 3. The lowest BCUT2D eigenvalue weighted by Gasteiger charge is -2.21. The van der Waals surface area contributed by atoms with Crippen LogP contribution in [0.15, 0.2) is 182 Å². The number of aliphatic hydroxyl groups is 2. The smallest absolute Gasteiger partial charge is 0.463 e. The van der Waals surface area contributed by atoms with Crippen LogP contribution in [-0.2, 0) is 55.8 Å². The number of carbonyl (C=O) groups is 3. The molecule has 5 atom stereocenters. The van der Waals surface area contributed by atoms with Gasteiger partial charge in [-0.05, 0) is 148 Å². The predicted molar refractivity (Wildman–Crippen MR) is 426 cm³/mol. The lowest BCUT2D eigenvalue weighted by molar-refractivity contribution is -0.161. The van der Waals surface area contributed by atoms with E-state index in [1.807, 2.05) is 12.2 Å². The molecule has 0 aromatic heterocycles. The zero-order chi connectivity index (χ0) is 75.2. The summed E-state index contributed by atoms with van der Waals surface area (Å²) >= 11 is 0. The molecule has 0 fully saturated rings. The van der Waals surface area contributed by atoms with Crippen molar-refractivity contribution in [2.24, 2.45) is 0 Å². The maximum atomic E-state index is 12.9. The number of phosphoric acid groups is 2. The second-order valence-corrected chi connectivity index (χ2v) is 28.3. The van der Waals surface area contributed by atoms with Crippen LogP contribution in [0.25, 0.3) is 0 Å². The number of ether oxygens (including phenoxy) is 3. The van der Waals surface area contributed by atoms with E-state index in [0.717, 1.165) is 161 Å². The number of phosphoric ester groups is 2. The molecular weight excluding hydrogens is 1340 g/mol. The zero-order valence-corrected chi connectivity index (χ0v) is 65.5. The molecule has 0 aromatic rings. The first-order valence-electron chi connectivity index (χ1n) is 39.1. The largest absolute Gasteiger partial charge is 0.472 e. The minimum Gasteiger partial charge on any atom is -0.463 e. The van der Waals surface area contributed by atoms with Crippen LogP contribution in [0, 0.1) is 0 Å². The van der Waals surface area contributed by atoms with Gasteiger partial charge >= 0.3 is 33.6 Å². The third-order valence-corrected chi connectivity index (χ3v) is 17.5. The van der Waals surface area contributed by atoms with Gasteiger partial charge in [-0.25, -0.2) is 9.13 Å². The Bertz CT molecular complexity index is 2600. The Labute approximate surface area is 624 Å². The molecule has 0 amide bonds. The zero-order valence-electron chi connectivity index (χ0n) is 63.7. The van der Waals surface area contributed by atoms with Crippen molar-refractivity contribution in [1.29, 1.82) is 0 Å². The quantitative estimate of drug-likeness (QED) is 0.0146. The number of aliphatic hydroxyl groups excluding tert-OH is 2. The highest BCUT2D eigenvalue weighted by atomic mass is 31.2. The number of hydrogen-bond donors (Lipinski definition) is 4. The lowest BCUT2D eigenvalue weighted by Crippen LogP contribution is -2.30. The Morgan fingerprint density at radius 2 is 0.495 bits per heavy atom. The Hall–Kier alpha value is -5.35. The van der Waals surface area contributed by atoms with E-state index in [9.17, 15) is 43.5 Å². The molecule has 16 nitrogen and oxygen atoms in total. The predicted octanol–water partition coefficient (Wildman–Crippen LogP) is 23.0. The molecule has 584 valence electrons. The molecule has 0 aliphatic carbocycles. The Morgan fingerprint density at radius 3 is 0.796 bits per heavy atom. The summed E-state index contributed by atoms with van der Waals surface area (Å²) in [6.45, 7) is 2.23. The summed E-state index contributed by atoms with van der Waals surface area (Å²) in [6.07, 6.45) is 98.1. The van der Waals surface area contributed by atoms with Gasteiger partial charge in [0, 0.05) is 19.3 Å². The highest BCUT2D eigenvalue weighted by Gasteiger charge is 2.29. The fraction of sp³-hybridized carbons (Fsp3) is 0.612. The average molecular weight is 1480 g/mol. The Kier molecular flexibility index (Phi) is 72.3. The van der Waals surface area contributed by atoms with E-state index in [1.165, 1.54) is 51.4 Å². The van der Waals surface area contributed by atoms with Gasteiger partial charge in [0.15, 0.2) is 6.10 Å². The first-order valence-corrected chi connectivity index (χ1v) is 42.1. The van der Waals surface area contributed by atoms with Crippen molar-refractivity contribution in [3.8, 4) is 0 Å². The van der Waals surface area contributed by atoms with Gasteiger partial charge in [0.25, 0.3) is 0 Å². The van der Waals surface area contributed by atoms with Crippen LogP contribution in [0.1, 0.15) is 278 Å². The van der Waals surface area contributed by atoms with Gasteiger partial charge < -0.3 is 34.2 Å². The number of esters is 3. The van der Waals surface area contributed by atoms with Gasteiger partial charge in [0.2, 0.25) is 0 Å². The van der Waals surface area contributed by atoms with E-state index in [-0.39, 0.29) is 19.3 Å². The molecule has 0 spiro atoms. The van der Waals surface area contributed by atoms with Crippen LogP contribution in [0.3, 0.4) is 0 Å². The number of rotatable bonds is 72. The van der Waals surface area contributed by atoms with Crippen molar-refractivity contribution in [3.05, 3.63) is 182 Å². The third-order valence-electron chi connectivity index (χ3n) is 15.6. The van der Waals surface area contributed by atoms with Gasteiger partial charge in [-0.2, -0.15) is 0 Å².